The molecule has 1 heterocycles. The van der Waals surface area contributed by atoms with Crippen LogP contribution in [0.2, 0.25) is 0 Å². The average Bonchev–Trinajstić information content (AvgIpc) is 2.36. The molecule has 20 heavy (non-hydrogen) atoms. The van der Waals surface area contributed by atoms with Crippen LogP contribution in [0.1, 0.15) is 31.2 Å². The molecule has 0 spiro atoms. The molecule has 1 unspecified atom stereocenters. The number of hydrogen-bond donors (Lipinski definition) is 0. The van der Waals surface area contributed by atoms with Gasteiger partial charge in [-0.1, -0.05) is 18.6 Å². The van der Waals surface area contributed by atoms with Crippen molar-refractivity contribution < 1.29 is 17.9 Å². The number of rotatable bonds is 4. The number of hydrogen-bond acceptors (Lipinski definition) is 2. The number of alkyl halides is 3. The van der Waals surface area contributed by atoms with Crippen molar-refractivity contribution in [2.24, 2.45) is 0 Å². The molecule has 0 radical (unpaired) electrons. The molecule has 0 saturated carbocycles. The van der Waals surface area contributed by atoms with Crippen LogP contribution in [-0.4, -0.2) is 30.9 Å². The summed E-state index contributed by atoms with van der Waals surface area (Å²) in [5, 5.41) is 0. The highest BCUT2D eigenvalue weighted by molar-refractivity contribution is 5.28. The van der Waals surface area contributed by atoms with E-state index in [9.17, 15) is 13.2 Å². The SMILES string of the molecule is CN1CCCCC1CCc1cccc(OC(F)(F)F)c1. The number of nitrogens with zero attached hydrogens (tertiary/aromatic N) is 1. The maximum atomic E-state index is 12.2. The predicted octanol–water partition coefficient (Wildman–Crippen LogP) is 4.00. The molecule has 1 aromatic carbocycles. The van der Waals surface area contributed by atoms with Gasteiger partial charge in [-0.3, -0.25) is 0 Å². The van der Waals surface area contributed by atoms with Crippen LogP contribution in [0.15, 0.2) is 24.3 Å². The number of likely N-dealkylation sites (tertiary alicyclic amines) is 1. The molecule has 1 aromatic rings. The van der Waals surface area contributed by atoms with Crippen LogP contribution in [0.4, 0.5) is 13.2 Å². The van der Waals surface area contributed by atoms with Gasteiger partial charge in [-0.25, -0.2) is 0 Å². The first kappa shape index (κ1) is 15.2. The Labute approximate surface area is 117 Å². The summed E-state index contributed by atoms with van der Waals surface area (Å²) in [6, 6.07) is 6.82. The zero-order valence-electron chi connectivity index (χ0n) is 11.6. The average molecular weight is 287 g/mol. The molecule has 1 aliphatic heterocycles. The monoisotopic (exact) mass is 287 g/mol. The van der Waals surface area contributed by atoms with E-state index < -0.39 is 6.36 Å². The fourth-order valence-corrected chi connectivity index (χ4v) is 2.74. The van der Waals surface area contributed by atoms with Crippen molar-refractivity contribution in [3.05, 3.63) is 29.8 Å². The van der Waals surface area contributed by atoms with E-state index in [2.05, 4.69) is 16.7 Å². The maximum absolute atomic E-state index is 12.2. The number of benzene rings is 1. The highest BCUT2D eigenvalue weighted by Crippen LogP contribution is 2.25. The molecular formula is C15H20F3NO. The van der Waals surface area contributed by atoms with Crippen LogP contribution >= 0.6 is 0 Å². The summed E-state index contributed by atoms with van der Waals surface area (Å²) in [7, 11) is 2.12. The van der Waals surface area contributed by atoms with Crippen LogP contribution in [0, 0.1) is 0 Å². The van der Waals surface area contributed by atoms with Crippen LogP contribution in [0.5, 0.6) is 5.75 Å². The maximum Gasteiger partial charge on any atom is 0.573 e. The lowest BCUT2D eigenvalue weighted by Crippen LogP contribution is -2.36. The highest BCUT2D eigenvalue weighted by Gasteiger charge is 2.31. The summed E-state index contributed by atoms with van der Waals surface area (Å²) in [6.07, 6.45) is 0.793. The molecule has 0 N–H and O–H groups in total. The Bertz CT molecular complexity index is 433. The molecule has 5 heteroatoms. The molecule has 1 saturated heterocycles. The van der Waals surface area contributed by atoms with E-state index in [1.807, 2.05) is 6.07 Å². The van der Waals surface area contributed by atoms with E-state index in [1.54, 1.807) is 6.07 Å². The largest absolute Gasteiger partial charge is 0.573 e. The van der Waals surface area contributed by atoms with Crippen molar-refractivity contribution in [3.63, 3.8) is 0 Å². The molecule has 0 aliphatic carbocycles. The zero-order valence-corrected chi connectivity index (χ0v) is 11.6. The molecule has 0 bridgehead atoms. The number of piperidine rings is 1. The van der Waals surface area contributed by atoms with Crippen molar-refractivity contribution >= 4 is 0 Å². The Balaban J connectivity index is 1.91. The van der Waals surface area contributed by atoms with Crippen molar-refractivity contribution in [2.45, 2.75) is 44.5 Å². The van der Waals surface area contributed by atoms with Gasteiger partial charge < -0.3 is 9.64 Å². The third-order valence-corrected chi connectivity index (χ3v) is 3.82. The van der Waals surface area contributed by atoms with Gasteiger partial charge in [0.1, 0.15) is 5.75 Å². The Morgan fingerprint density at radius 1 is 1.30 bits per heavy atom. The van der Waals surface area contributed by atoms with E-state index in [0.29, 0.717) is 6.04 Å². The molecular weight excluding hydrogens is 267 g/mol. The van der Waals surface area contributed by atoms with Gasteiger partial charge in [-0.15, -0.1) is 13.2 Å². The predicted molar refractivity (Wildman–Crippen MR) is 71.7 cm³/mol. The lowest BCUT2D eigenvalue weighted by Gasteiger charge is -2.32. The molecule has 0 amide bonds. The summed E-state index contributed by atoms with van der Waals surface area (Å²) in [5.74, 6) is -0.132. The van der Waals surface area contributed by atoms with Gasteiger partial charge in [0.2, 0.25) is 0 Å². The molecule has 1 aliphatic rings. The fourth-order valence-electron chi connectivity index (χ4n) is 2.74. The Morgan fingerprint density at radius 2 is 2.10 bits per heavy atom. The van der Waals surface area contributed by atoms with Crippen molar-refractivity contribution in [1.82, 2.24) is 4.90 Å². The number of aryl methyl sites for hydroxylation is 1. The minimum atomic E-state index is -4.62. The Kier molecular flexibility index (Phi) is 4.91. The van der Waals surface area contributed by atoms with Gasteiger partial charge in [0, 0.05) is 6.04 Å². The van der Waals surface area contributed by atoms with Crippen molar-refractivity contribution in [3.8, 4) is 5.75 Å². The zero-order chi connectivity index (χ0) is 14.6. The van der Waals surface area contributed by atoms with E-state index in [1.165, 1.54) is 31.4 Å². The first-order chi connectivity index (χ1) is 9.44. The Morgan fingerprint density at radius 3 is 2.80 bits per heavy atom. The third-order valence-electron chi connectivity index (χ3n) is 3.82. The molecule has 1 atom stereocenters. The van der Waals surface area contributed by atoms with E-state index in [0.717, 1.165) is 24.9 Å². The second kappa shape index (κ2) is 6.48. The summed E-state index contributed by atoms with van der Waals surface area (Å²) in [6.45, 7) is 1.11. The van der Waals surface area contributed by atoms with Crippen molar-refractivity contribution in [1.29, 1.82) is 0 Å². The molecule has 2 nitrogen and oxygen atoms in total. The summed E-state index contributed by atoms with van der Waals surface area (Å²) < 4.78 is 40.5. The highest BCUT2D eigenvalue weighted by atomic mass is 19.4. The van der Waals surface area contributed by atoms with E-state index in [-0.39, 0.29) is 5.75 Å². The summed E-state index contributed by atoms with van der Waals surface area (Å²) >= 11 is 0. The minimum absolute atomic E-state index is 0.132. The topological polar surface area (TPSA) is 12.5 Å². The van der Waals surface area contributed by atoms with Crippen molar-refractivity contribution in [2.75, 3.05) is 13.6 Å². The summed E-state index contributed by atoms with van der Waals surface area (Å²) in [4.78, 5) is 2.35. The second-order valence-electron chi connectivity index (χ2n) is 5.36. The lowest BCUT2D eigenvalue weighted by molar-refractivity contribution is -0.274. The number of halogens is 3. The molecule has 0 aromatic heterocycles. The molecule has 1 fully saturated rings. The van der Waals surface area contributed by atoms with Gasteiger partial charge in [0.15, 0.2) is 0 Å². The van der Waals surface area contributed by atoms with Gasteiger partial charge in [-0.2, -0.15) is 0 Å². The molecule has 112 valence electrons. The normalized spacial score (nSPS) is 20.9. The van der Waals surface area contributed by atoms with Gasteiger partial charge >= 0.3 is 6.36 Å². The van der Waals surface area contributed by atoms with Crippen LogP contribution in [0.25, 0.3) is 0 Å². The van der Waals surface area contributed by atoms with Gasteiger partial charge in [-0.05, 0) is 57.0 Å². The quantitative estimate of drug-likeness (QED) is 0.830. The second-order valence-corrected chi connectivity index (χ2v) is 5.36. The third kappa shape index (κ3) is 4.71. The van der Waals surface area contributed by atoms with Crippen LogP contribution < -0.4 is 4.74 Å². The fraction of sp³-hybridized carbons (Fsp3) is 0.600. The van der Waals surface area contributed by atoms with Crippen LogP contribution in [-0.2, 0) is 6.42 Å². The standard InChI is InChI=1S/C15H20F3NO/c1-19-10-3-2-6-13(19)9-8-12-5-4-7-14(11-12)20-15(16,17)18/h4-5,7,11,13H,2-3,6,8-10H2,1H3. The van der Waals surface area contributed by atoms with Crippen LogP contribution in [0.3, 0.4) is 0 Å². The first-order valence-electron chi connectivity index (χ1n) is 6.99. The molecule has 2 rings (SSSR count). The van der Waals surface area contributed by atoms with E-state index >= 15 is 0 Å². The van der Waals surface area contributed by atoms with Gasteiger partial charge in [0.05, 0.1) is 0 Å². The number of ether oxygens (including phenoxy) is 1. The Hall–Kier alpha value is -1.23. The first-order valence-corrected chi connectivity index (χ1v) is 6.99. The lowest BCUT2D eigenvalue weighted by atomic mass is 9.96. The van der Waals surface area contributed by atoms with Gasteiger partial charge in [0.25, 0.3) is 0 Å². The minimum Gasteiger partial charge on any atom is -0.406 e. The summed E-state index contributed by atoms with van der Waals surface area (Å²) in [5.41, 5.74) is 0.894. The smallest absolute Gasteiger partial charge is 0.406 e. The van der Waals surface area contributed by atoms with E-state index in [4.69, 9.17) is 0 Å².